The van der Waals surface area contributed by atoms with E-state index in [-0.39, 0.29) is 13.2 Å². The molecular formula is C17H25NO6. The Morgan fingerprint density at radius 2 is 1.83 bits per heavy atom. The fourth-order valence-electron chi connectivity index (χ4n) is 2.06. The Hall–Kier alpha value is -2.12. The van der Waals surface area contributed by atoms with E-state index in [1.807, 2.05) is 30.3 Å². The highest BCUT2D eigenvalue weighted by atomic mass is 16.7. The fourth-order valence-corrected chi connectivity index (χ4v) is 2.06. The maximum Gasteiger partial charge on any atom is 0.407 e. The second-order valence-corrected chi connectivity index (χ2v) is 6.27. The van der Waals surface area contributed by atoms with Crippen molar-refractivity contribution >= 4 is 12.1 Å². The molecule has 0 heterocycles. The molecule has 0 fully saturated rings. The number of hydrogen-bond donors (Lipinski definition) is 2. The molecule has 1 amide bonds. The predicted molar refractivity (Wildman–Crippen MR) is 87.7 cm³/mol. The van der Waals surface area contributed by atoms with Crippen LogP contribution in [0, 0.1) is 0 Å². The average Bonchev–Trinajstić information content (AvgIpc) is 2.46. The highest BCUT2D eigenvalue weighted by molar-refractivity contribution is 5.75. The number of hydrogen-bond acceptors (Lipinski definition) is 5. The smallest absolute Gasteiger partial charge is 0.407 e. The molecule has 0 saturated heterocycles. The molecule has 0 spiro atoms. The zero-order valence-corrected chi connectivity index (χ0v) is 14.4. The summed E-state index contributed by atoms with van der Waals surface area (Å²) in [5, 5.41) is 12.0. The first kappa shape index (κ1) is 19.9. The van der Waals surface area contributed by atoms with E-state index in [0.29, 0.717) is 0 Å². The molecule has 0 radical (unpaired) electrons. The SMILES string of the molecule is COCO[C@H](C(=O)O)[C@@H](Cc1ccccc1)NC(=O)OC(C)(C)C. The predicted octanol–water partition coefficient (Wildman–Crippen LogP) is 2.20. The fraction of sp³-hybridized carbons (Fsp3) is 0.529. The van der Waals surface area contributed by atoms with E-state index in [1.54, 1.807) is 20.8 Å². The number of nitrogens with one attached hydrogen (secondary N) is 1. The van der Waals surface area contributed by atoms with Crippen molar-refractivity contribution in [1.82, 2.24) is 5.32 Å². The molecule has 24 heavy (non-hydrogen) atoms. The molecule has 1 aromatic carbocycles. The Kier molecular flexibility index (Phi) is 7.67. The highest BCUT2D eigenvalue weighted by Crippen LogP contribution is 2.12. The molecular weight excluding hydrogens is 314 g/mol. The minimum absolute atomic E-state index is 0.196. The summed E-state index contributed by atoms with van der Waals surface area (Å²) in [5.41, 5.74) is 0.179. The standard InChI is InChI=1S/C17H25NO6/c1-17(2,3)24-16(21)18-13(10-12-8-6-5-7-9-12)14(15(19)20)23-11-22-4/h5-9,13-14H,10-11H2,1-4H3,(H,18,21)(H,19,20)/t13-,14+/m1/s1. The Balaban J connectivity index is 2.92. The highest BCUT2D eigenvalue weighted by Gasteiger charge is 2.32. The third-order valence-electron chi connectivity index (χ3n) is 2.97. The molecule has 0 aliphatic heterocycles. The molecule has 0 aliphatic rings. The molecule has 0 bridgehead atoms. The van der Waals surface area contributed by atoms with Gasteiger partial charge in [0.2, 0.25) is 0 Å². The van der Waals surface area contributed by atoms with Crippen LogP contribution in [0.5, 0.6) is 0 Å². The van der Waals surface area contributed by atoms with Crippen LogP contribution in [-0.2, 0) is 25.4 Å². The quantitative estimate of drug-likeness (QED) is 0.705. The summed E-state index contributed by atoms with van der Waals surface area (Å²) in [6, 6.07) is 8.42. The molecule has 134 valence electrons. The second kappa shape index (κ2) is 9.24. The first-order chi connectivity index (χ1) is 11.2. The van der Waals surface area contributed by atoms with E-state index in [1.165, 1.54) is 7.11 Å². The number of aliphatic carboxylic acids is 1. The van der Waals surface area contributed by atoms with Crippen molar-refractivity contribution in [3.05, 3.63) is 35.9 Å². The van der Waals surface area contributed by atoms with Crippen LogP contribution in [0.2, 0.25) is 0 Å². The number of amides is 1. The average molecular weight is 339 g/mol. The van der Waals surface area contributed by atoms with Crippen molar-refractivity contribution in [2.45, 2.75) is 44.9 Å². The van der Waals surface area contributed by atoms with Gasteiger partial charge >= 0.3 is 12.1 Å². The molecule has 0 aliphatic carbocycles. The number of rotatable bonds is 8. The third kappa shape index (κ3) is 7.43. The number of carbonyl (C=O) groups is 2. The minimum Gasteiger partial charge on any atom is -0.479 e. The second-order valence-electron chi connectivity index (χ2n) is 6.27. The largest absolute Gasteiger partial charge is 0.479 e. The van der Waals surface area contributed by atoms with Crippen LogP contribution in [-0.4, -0.2) is 48.8 Å². The van der Waals surface area contributed by atoms with Gasteiger partial charge in [-0.05, 0) is 32.8 Å². The van der Waals surface area contributed by atoms with Crippen molar-refractivity contribution in [1.29, 1.82) is 0 Å². The summed E-state index contributed by atoms with van der Waals surface area (Å²) in [4.78, 5) is 23.6. The van der Waals surface area contributed by atoms with Crippen molar-refractivity contribution in [2.75, 3.05) is 13.9 Å². The normalized spacial score (nSPS) is 13.8. The van der Waals surface area contributed by atoms with Crippen molar-refractivity contribution < 1.29 is 28.9 Å². The van der Waals surface area contributed by atoms with Crippen molar-refractivity contribution in [2.24, 2.45) is 0 Å². The van der Waals surface area contributed by atoms with E-state index in [9.17, 15) is 14.7 Å². The number of carboxylic acid groups (broad SMARTS) is 1. The monoisotopic (exact) mass is 339 g/mol. The lowest BCUT2D eigenvalue weighted by atomic mass is 10.0. The molecule has 1 rings (SSSR count). The number of methoxy groups -OCH3 is 1. The van der Waals surface area contributed by atoms with Crippen LogP contribution in [0.1, 0.15) is 26.3 Å². The first-order valence-corrected chi connectivity index (χ1v) is 7.59. The lowest BCUT2D eigenvalue weighted by Crippen LogP contribution is -2.51. The Bertz CT molecular complexity index is 526. The van der Waals surface area contributed by atoms with Gasteiger partial charge in [0, 0.05) is 7.11 Å². The summed E-state index contributed by atoms with van der Waals surface area (Å²) in [5.74, 6) is -1.19. The van der Waals surface area contributed by atoms with Gasteiger partial charge in [-0.15, -0.1) is 0 Å². The number of alkyl carbamates (subject to hydrolysis) is 1. The molecule has 1 aromatic rings. The maximum absolute atomic E-state index is 12.0. The number of carbonyl (C=O) groups excluding carboxylic acids is 1. The van der Waals surface area contributed by atoms with Crippen molar-refractivity contribution in [3.63, 3.8) is 0 Å². The van der Waals surface area contributed by atoms with Gasteiger partial charge in [-0.3, -0.25) is 0 Å². The van der Waals surface area contributed by atoms with Crippen LogP contribution in [0.15, 0.2) is 30.3 Å². The molecule has 2 atom stereocenters. The van der Waals surface area contributed by atoms with Gasteiger partial charge in [0.25, 0.3) is 0 Å². The third-order valence-corrected chi connectivity index (χ3v) is 2.97. The summed E-state index contributed by atoms with van der Waals surface area (Å²) in [7, 11) is 1.40. The van der Waals surface area contributed by atoms with E-state index in [0.717, 1.165) is 5.56 Å². The summed E-state index contributed by atoms with van der Waals surface area (Å²) in [6.07, 6.45) is -1.69. The molecule has 0 unspecified atom stereocenters. The molecule has 2 N–H and O–H groups in total. The van der Waals surface area contributed by atoms with Gasteiger partial charge in [0.05, 0.1) is 6.04 Å². The number of carboxylic acids is 1. The van der Waals surface area contributed by atoms with Crippen LogP contribution < -0.4 is 5.32 Å². The summed E-state index contributed by atoms with van der Waals surface area (Å²) in [6.45, 7) is 5.00. The van der Waals surface area contributed by atoms with Crippen LogP contribution in [0.25, 0.3) is 0 Å². The van der Waals surface area contributed by atoms with Crippen LogP contribution in [0.3, 0.4) is 0 Å². The molecule has 7 heteroatoms. The number of benzene rings is 1. The molecule has 0 saturated carbocycles. The van der Waals surface area contributed by atoms with Gasteiger partial charge < -0.3 is 24.6 Å². The zero-order valence-electron chi connectivity index (χ0n) is 14.4. The minimum atomic E-state index is -1.27. The van der Waals surface area contributed by atoms with Gasteiger partial charge in [0.15, 0.2) is 6.10 Å². The lowest BCUT2D eigenvalue weighted by Gasteiger charge is -2.27. The summed E-state index contributed by atoms with van der Waals surface area (Å²) >= 11 is 0. The van der Waals surface area contributed by atoms with E-state index < -0.39 is 29.8 Å². The van der Waals surface area contributed by atoms with Gasteiger partial charge in [-0.1, -0.05) is 30.3 Å². The first-order valence-electron chi connectivity index (χ1n) is 7.59. The van der Waals surface area contributed by atoms with Gasteiger partial charge in [-0.2, -0.15) is 0 Å². The number of ether oxygens (including phenoxy) is 3. The Labute approximate surface area is 141 Å². The summed E-state index contributed by atoms with van der Waals surface area (Å²) < 4.78 is 15.2. The van der Waals surface area contributed by atoms with Gasteiger partial charge in [-0.25, -0.2) is 9.59 Å². The Morgan fingerprint density at radius 3 is 2.33 bits per heavy atom. The topological polar surface area (TPSA) is 94.1 Å². The van der Waals surface area contributed by atoms with Gasteiger partial charge in [0.1, 0.15) is 12.4 Å². The van der Waals surface area contributed by atoms with Crippen LogP contribution >= 0.6 is 0 Å². The lowest BCUT2D eigenvalue weighted by molar-refractivity contribution is -0.161. The van der Waals surface area contributed by atoms with E-state index in [4.69, 9.17) is 14.2 Å². The maximum atomic E-state index is 12.0. The van der Waals surface area contributed by atoms with E-state index >= 15 is 0 Å². The van der Waals surface area contributed by atoms with Crippen LogP contribution in [0.4, 0.5) is 4.79 Å². The van der Waals surface area contributed by atoms with Crippen molar-refractivity contribution in [3.8, 4) is 0 Å². The molecule has 7 nitrogen and oxygen atoms in total. The van der Waals surface area contributed by atoms with E-state index in [2.05, 4.69) is 5.32 Å². The zero-order chi connectivity index (χ0) is 18.2. The Morgan fingerprint density at radius 1 is 1.21 bits per heavy atom. The molecule has 0 aromatic heterocycles.